The Balaban J connectivity index is 2.50. The lowest BCUT2D eigenvalue weighted by Crippen LogP contribution is -1.88. The highest BCUT2D eigenvalue weighted by Crippen LogP contribution is 2.34. The van der Waals surface area contributed by atoms with Gasteiger partial charge in [-0.15, -0.1) is 11.3 Å². The minimum atomic E-state index is 0.438. The summed E-state index contributed by atoms with van der Waals surface area (Å²) in [6.07, 6.45) is 0. The minimum absolute atomic E-state index is 0.438. The zero-order chi connectivity index (χ0) is 11.7. The van der Waals surface area contributed by atoms with Crippen molar-refractivity contribution < 1.29 is 0 Å². The van der Waals surface area contributed by atoms with Gasteiger partial charge in [0.2, 0.25) is 0 Å². The Morgan fingerprint density at radius 3 is 2.62 bits per heavy atom. The van der Waals surface area contributed by atoms with Crippen LogP contribution in [0.15, 0.2) is 18.2 Å². The third-order valence-electron chi connectivity index (χ3n) is 2.26. The van der Waals surface area contributed by atoms with E-state index in [1.165, 1.54) is 4.88 Å². The molecular formula is C12H10Cl2NS. The van der Waals surface area contributed by atoms with E-state index in [1.807, 2.05) is 12.1 Å². The van der Waals surface area contributed by atoms with E-state index in [4.69, 9.17) is 23.2 Å². The molecule has 0 saturated carbocycles. The molecule has 0 N–H and O–H groups in total. The molecule has 0 spiro atoms. The van der Waals surface area contributed by atoms with Gasteiger partial charge in [-0.3, -0.25) is 0 Å². The van der Waals surface area contributed by atoms with E-state index in [9.17, 15) is 0 Å². The zero-order valence-corrected chi connectivity index (χ0v) is 11.2. The largest absolute Gasteiger partial charge is 0.233 e. The summed E-state index contributed by atoms with van der Waals surface area (Å²) in [5.74, 6) is 0.438. The summed E-state index contributed by atoms with van der Waals surface area (Å²) in [4.78, 5) is 5.49. The Labute approximate surface area is 109 Å². The number of nitrogens with zero attached hydrogens (tertiary/aromatic N) is 1. The lowest BCUT2D eigenvalue weighted by atomic mass is 10.1. The molecule has 1 nitrogen and oxygen atoms in total. The van der Waals surface area contributed by atoms with Crippen molar-refractivity contribution in [2.24, 2.45) is 0 Å². The van der Waals surface area contributed by atoms with E-state index >= 15 is 0 Å². The monoisotopic (exact) mass is 270 g/mol. The van der Waals surface area contributed by atoms with E-state index < -0.39 is 0 Å². The molecule has 1 aromatic carbocycles. The molecule has 0 aliphatic heterocycles. The van der Waals surface area contributed by atoms with Gasteiger partial charge in [-0.25, -0.2) is 4.98 Å². The molecule has 1 radical (unpaired) electrons. The zero-order valence-electron chi connectivity index (χ0n) is 8.92. The number of thiazole rings is 1. The fourth-order valence-corrected chi connectivity index (χ4v) is 2.49. The molecule has 2 aromatic rings. The van der Waals surface area contributed by atoms with Gasteiger partial charge in [0, 0.05) is 10.4 Å². The van der Waals surface area contributed by atoms with Gasteiger partial charge in [-0.1, -0.05) is 43.1 Å². The highest BCUT2D eigenvalue weighted by Gasteiger charge is 2.13. The molecule has 2 rings (SSSR count). The number of hydrogen-bond acceptors (Lipinski definition) is 2. The van der Waals surface area contributed by atoms with E-state index in [0.717, 1.165) is 11.3 Å². The van der Waals surface area contributed by atoms with Gasteiger partial charge in [0.15, 0.2) is 5.51 Å². The van der Waals surface area contributed by atoms with Crippen molar-refractivity contribution in [1.82, 2.24) is 4.98 Å². The Hall–Kier alpha value is -0.570. The number of halogens is 2. The lowest BCUT2D eigenvalue weighted by molar-refractivity contribution is 0.888. The predicted octanol–water partition coefficient (Wildman–Crippen LogP) is 5.04. The van der Waals surface area contributed by atoms with Crippen molar-refractivity contribution in [2.45, 2.75) is 19.8 Å². The molecule has 0 fully saturated rings. The number of aromatic nitrogens is 1. The molecule has 0 unspecified atom stereocenters. The van der Waals surface area contributed by atoms with Gasteiger partial charge in [-0.2, -0.15) is 0 Å². The molecule has 1 heterocycles. The first-order valence-electron chi connectivity index (χ1n) is 4.91. The van der Waals surface area contributed by atoms with Crippen LogP contribution in [0.5, 0.6) is 0 Å². The summed E-state index contributed by atoms with van der Waals surface area (Å²) in [7, 11) is 0. The Morgan fingerprint density at radius 1 is 1.25 bits per heavy atom. The van der Waals surface area contributed by atoms with Crippen LogP contribution in [0.3, 0.4) is 0 Å². The maximum absolute atomic E-state index is 6.00. The summed E-state index contributed by atoms with van der Waals surface area (Å²) >= 11 is 13.4. The van der Waals surface area contributed by atoms with Crippen molar-refractivity contribution in [3.05, 3.63) is 38.6 Å². The molecule has 4 heteroatoms. The molecule has 0 saturated heterocycles. The summed E-state index contributed by atoms with van der Waals surface area (Å²) in [5.41, 5.74) is 4.88. The molecule has 16 heavy (non-hydrogen) atoms. The first kappa shape index (κ1) is 11.9. The summed E-state index contributed by atoms with van der Waals surface area (Å²) < 4.78 is 0. The van der Waals surface area contributed by atoms with Crippen LogP contribution in [0.4, 0.5) is 0 Å². The van der Waals surface area contributed by atoms with Gasteiger partial charge in [0.1, 0.15) is 0 Å². The van der Waals surface area contributed by atoms with Crippen LogP contribution in [0.1, 0.15) is 24.6 Å². The quantitative estimate of drug-likeness (QED) is 0.745. The van der Waals surface area contributed by atoms with Crippen LogP contribution in [0.2, 0.25) is 10.0 Å². The van der Waals surface area contributed by atoms with Gasteiger partial charge in [0.25, 0.3) is 0 Å². The highest BCUT2D eigenvalue weighted by molar-refractivity contribution is 7.09. The number of rotatable bonds is 2. The van der Waals surface area contributed by atoms with Crippen LogP contribution in [-0.2, 0) is 0 Å². The van der Waals surface area contributed by atoms with Crippen molar-refractivity contribution in [1.29, 1.82) is 0 Å². The van der Waals surface area contributed by atoms with Crippen LogP contribution in [0.25, 0.3) is 11.3 Å². The molecule has 0 bridgehead atoms. The number of hydrogen-bond donors (Lipinski definition) is 0. The predicted molar refractivity (Wildman–Crippen MR) is 70.5 cm³/mol. The van der Waals surface area contributed by atoms with Crippen LogP contribution >= 0.6 is 34.5 Å². The number of benzene rings is 1. The van der Waals surface area contributed by atoms with Crippen LogP contribution in [-0.4, -0.2) is 4.98 Å². The minimum Gasteiger partial charge on any atom is -0.233 e. The van der Waals surface area contributed by atoms with Crippen LogP contribution in [0, 0.1) is 5.51 Å². The van der Waals surface area contributed by atoms with E-state index in [2.05, 4.69) is 24.3 Å². The van der Waals surface area contributed by atoms with E-state index in [1.54, 1.807) is 17.4 Å². The van der Waals surface area contributed by atoms with E-state index in [0.29, 0.717) is 16.0 Å². The second-order valence-corrected chi connectivity index (χ2v) is 5.44. The van der Waals surface area contributed by atoms with Crippen molar-refractivity contribution in [3.8, 4) is 11.3 Å². The maximum Gasteiger partial charge on any atom is 0.153 e. The molecule has 83 valence electrons. The third-order valence-corrected chi connectivity index (χ3v) is 4.07. The Kier molecular flexibility index (Phi) is 3.53. The first-order chi connectivity index (χ1) is 7.59. The van der Waals surface area contributed by atoms with Crippen LogP contribution < -0.4 is 0 Å². The average molecular weight is 271 g/mol. The fraction of sp³-hybridized carbons (Fsp3) is 0.250. The third kappa shape index (κ3) is 2.24. The van der Waals surface area contributed by atoms with Gasteiger partial charge < -0.3 is 0 Å². The molecule has 0 aliphatic carbocycles. The normalized spacial score (nSPS) is 11.1. The summed E-state index contributed by atoms with van der Waals surface area (Å²) in [6.45, 7) is 4.28. The molecule has 0 amide bonds. The SMILES string of the molecule is CC(C)c1s[c]nc1-c1ccc(Cl)c(Cl)c1. The second kappa shape index (κ2) is 4.74. The second-order valence-electron chi connectivity index (χ2n) is 3.80. The molecule has 0 aliphatic rings. The van der Waals surface area contributed by atoms with Gasteiger partial charge >= 0.3 is 0 Å². The molecular weight excluding hydrogens is 261 g/mol. The first-order valence-corrected chi connectivity index (χ1v) is 6.49. The van der Waals surface area contributed by atoms with Gasteiger partial charge in [-0.05, 0) is 18.1 Å². The molecule has 1 aromatic heterocycles. The topological polar surface area (TPSA) is 12.9 Å². The lowest BCUT2D eigenvalue weighted by Gasteiger charge is -2.06. The average Bonchev–Trinajstić information content (AvgIpc) is 2.71. The summed E-state index contributed by atoms with van der Waals surface area (Å²) in [5, 5.41) is 1.12. The molecule has 0 atom stereocenters. The van der Waals surface area contributed by atoms with Crippen molar-refractivity contribution >= 4 is 34.5 Å². The fourth-order valence-electron chi connectivity index (χ4n) is 1.46. The van der Waals surface area contributed by atoms with E-state index in [-0.39, 0.29) is 0 Å². The Bertz CT molecular complexity index is 505. The Morgan fingerprint density at radius 2 is 2.00 bits per heavy atom. The maximum atomic E-state index is 6.00. The van der Waals surface area contributed by atoms with Crippen molar-refractivity contribution in [3.63, 3.8) is 0 Å². The van der Waals surface area contributed by atoms with Gasteiger partial charge in [0.05, 0.1) is 15.7 Å². The van der Waals surface area contributed by atoms with Crippen molar-refractivity contribution in [2.75, 3.05) is 0 Å². The highest BCUT2D eigenvalue weighted by atomic mass is 35.5. The standard InChI is InChI=1S/C12H10Cl2NS/c1-7(2)12-11(15-6-16-12)8-3-4-9(13)10(14)5-8/h3-5,7H,1-2H3. The summed E-state index contributed by atoms with van der Waals surface area (Å²) in [6, 6.07) is 5.57. The smallest absolute Gasteiger partial charge is 0.153 e.